The number of para-hydroxylation sites is 1. The van der Waals surface area contributed by atoms with Crippen molar-refractivity contribution in [2.24, 2.45) is 0 Å². The lowest BCUT2D eigenvalue weighted by Crippen LogP contribution is -2.15. The Morgan fingerprint density at radius 3 is 2.26 bits per heavy atom. The van der Waals surface area contributed by atoms with Gasteiger partial charge >= 0.3 is 0 Å². The van der Waals surface area contributed by atoms with Gasteiger partial charge in [-0.15, -0.1) is 0 Å². The highest BCUT2D eigenvalue weighted by atomic mass is 16.6. The van der Waals surface area contributed by atoms with E-state index in [2.05, 4.69) is 15.6 Å². The predicted molar refractivity (Wildman–Crippen MR) is 127 cm³/mol. The zero-order chi connectivity index (χ0) is 22.7. The van der Waals surface area contributed by atoms with Crippen molar-refractivity contribution < 1.29 is 23.4 Å². The van der Waals surface area contributed by atoms with Crippen molar-refractivity contribution in [1.82, 2.24) is 4.98 Å². The van der Waals surface area contributed by atoms with Crippen LogP contribution in [0.25, 0.3) is 11.3 Å². The van der Waals surface area contributed by atoms with Crippen LogP contribution in [0.1, 0.15) is 5.56 Å². The van der Waals surface area contributed by atoms with E-state index in [-0.39, 0.29) is 0 Å². The molecule has 0 radical (unpaired) electrons. The van der Waals surface area contributed by atoms with Gasteiger partial charge in [0.15, 0.2) is 28.8 Å². The molecule has 8 heteroatoms. The first kappa shape index (κ1) is 20.3. The van der Waals surface area contributed by atoms with Crippen LogP contribution in [0.15, 0.2) is 71.3 Å². The van der Waals surface area contributed by atoms with Gasteiger partial charge < -0.3 is 34.0 Å². The fraction of sp³-hybridized carbons (Fsp3) is 0.192. The Balaban J connectivity index is 1.17. The molecular formula is C26H23N3O5. The molecule has 0 unspecified atom stereocenters. The van der Waals surface area contributed by atoms with Gasteiger partial charge in [-0.25, -0.2) is 4.98 Å². The minimum absolute atomic E-state index is 0.397. The van der Waals surface area contributed by atoms with E-state index >= 15 is 0 Å². The summed E-state index contributed by atoms with van der Waals surface area (Å²) < 4.78 is 28.5. The van der Waals surface area contributed by atoms with Gasteiger partial charge in [0.1, 0.15) is 26.4 Å². The predicted octanol–water partition coefficient (Wildman–Crippen LogP) is 5.24. The van der Waals surface area contributed by atoms with Crippen LogP contribution in [0.2, 0.25) is 0 Å². The van der Waals surface area contributed by atoms with Gasteiger partial charge in [-0.1, -0.05) is 18.2 Å². The van der Waals surface area contributed by atoms with E-state index in [0.717, 1.165) is 39.8 Å². The minimum Gasteiger partial charge on any atom is -0.486 e. The number of aromatic nitrogens is 1. The first-order valence-corrected chi connectivity index (χ1v) is 11.2. The van der Waals surface area contributed by atoms with Crippen molar-refractivity contribution in [3.63, 3.8) is 0 Å². The third kappa shape index (κ3) is 4.17. The molecule has 0 atom stereocenters. The topological polar surface area (TPSA) is 87.0 Å². The molecular weight excluding hydrogens is 434 g/mol. The third-order valence-corrected chi connectivity index (χ3v) is 5.58. The van der Waals surface area contributed by atoms with E-state index in [1.165, 1.54) is 0 Å². The normalized spacial score (nSPS) is 13.9. The summed E-state index contributed by atoms with van der Waals surface area (Å²) in [4.78, 5) is 4.40. The quantitative estimate of drug-likeness (QED) is 0.407. The lowest BCUT2D eigenvalue weighted by molar-refractivity contribution is 0.171. The van der Waals surface area contributed by atoms with Crippen LogP contribution in [-0.2, 0) is 6.54 Å². The van der Waals surface area contributed by atoms with E-state index in [1.807, 2.05) is 60.7 Å². The molecule has 6 rings (SSSR count). The number of oxazole rings is 1. The Morgan fingerprint density at radius 1 is 0.735 bits per heavy atom. The number of nitrogens with one attached hydrogen (secondary N) is 2. The molecule has 0 saturated heterocycles. The standard InChI is InChI=1S/C26H23N3O5/c1-2-4-20(27-15-17-5-7-21-23(13-17)32-11-9-30-21)19(3-1)25-16-28-26(34-25)29-18-6-8-22-24(14-18)33-12-10-31-22/h1-8,13-14,16,27H,9-12,15H2,(H,28,29). The molecule has 4 aromatic rings. The van der Waals surface area contributed by atoms with Gasteiger partial charge in [-0.2, -0.15) is 0 Å². The summed E-state index contributed by atoms with van der Waals surface area (Å²) in [5.74, 6) is 3.67. The van der Waals surface area contributed by atoms with Crippen LogP contribution >= 0.6 is 0 Å². The van der Waals surface area contributed by atoms with E-state index in [0.29, 0.717) is 50.5 Å². The van der Waals surface area contributed by atoms with Crippen molar-refractivity contribution in [2.75, 3.05) is 37.1 Å². The number of anilines is 3. The molecule has 1 aromatic heterocycles. The van der Waals surface area contributed by atoms with Gasteiger partial charge in [-0.3, -0.25) is 0 Å². The van der Waals surface area contributed by atoms with E-state index in [4.69, 9.17) is 23.4 Å². The van der Waals surface area contributed by atoms with E-state index in [1.54, 1.807) is 6.20 Å². The number of fused-ring (bicyclic) bond motifs is 2. The van der Waals surface area contributed by atoms with Crippen molar-refractivity contribution in [1.29, 1.82) is 0 Å². The average molecular weight is 457 g/mol. The van der Waals surface area contributed by atoms with Crippen LogP contribution < -0.4 is 29.6 Å². The van der Waals surface area contributed by atoms with Gasteiger partial charge in [0.05, 0.1) is 6.20 Å². The number of hydrogen-bond acceptors (Lipinski definition) is 8. The third-order valence-electron chi connectivity index (χ3n) is 5.58. The van der Waals surface area contributed by atoms with Gasteiger partial charge in [0.25, 0.3) is 6.01 Å². The Morgan fingerprint density at radius 2 is 1.44 bits per heavy atom. The molecule has 0 fully saturated rings. The average Bonchev–Trinajstić information content (AvgIpc) is 3.35. The fourth-order valence-electron chi connectivity index (χ4n) is 3.95. The van der Waals surface area contributed by atoms with Gasteiger partial charge in [0.2, 0.25) is 0 Å². The van der Waals surface area contributed by atoms with Crippen molar-refractivity contribution >= 4 is 17.4 Å². The first-order valence-electron chi connectivity index (χ1n) is 11.2. The molecule has 3 heterocycles. The summed E-state index contributed by atoms with van der Waals surface area (Å²) in [7, 11) is 0. The summed E-state index contributed by atoms with van der Waals surface area (Å²) in [6, 6.07) is 20.0. The van der Waals surface area contributed by atoms with Crippen LogP contribution in [-0.4, -0.2) is 31.4 Å². The van der Waals surface area contributed by atoms with Crippen LogP contribution in [0.4, 0.5) is 17.4 Å². The van der Waals surface area contributed by atoms with Gasteiger partial charge in [-0.05, 0) is 42.0 Å². The Labute approximate surface area is 196 Å². The molecule has 2 N–H and O–H groups in total. The van der Waals surface area contributed by atoms with Crippen molar-refractivity contribution in [2.45, 2.75) is 6.54 Å². The summed E-state index contributed by atoms with van der Waals surface area (Å²) in [5.41, 5.74) is 3.77. The lowest BCUT2D eigenvalue weighted by atomic mass is 10.1. The first-order chi connectivity index (χ1) is 16.8. The zero-order valence-electron chi connectivity index (χ0n) is 18.4. The minimum atomic E-state index is 0.397. The molecule has 8 nitrogen and oxygen atoms in total. The maximum absolute atomic E-state index is 6.01. The second-order valence-electron chi connectivity index (χ2n) is 7.89. The second kappa shape index (κ2) is 8.90. The molecule has 0 spiro atoms. The molecule has 0 bridgehead atoms. The summed E-state index contributed by atoms with van der Waals surface area (Å²) >= 11 is 0. The number of ether oxygens (including phenoxy) is 4. The number of benzene rings is 3. The maximum Gasteiger partial charge on any atom is 0.299 e. The summed E-state index contributed by atoms with van der Waals surface area (Å²) in [5, 5.41) is 6.68. The summed E-state index contributed by atoms with van der Waals surface area (Å²) in [6.07, 6.45) is 1.71. The SMILES string of the molecule is c1ccc(-c2cnc(Nc3ccc4c(c3)OCCO4)o2)c(NCc2ccc3c(c2)OCCO3)c1. The fourth-order valence-corrected chi connectivity index (χ4v) is 3.95. The van der Waals surface area contributed by atoms with Crippen molar-refractivity contribution in [3.8, 4) is 34.3 Å². The molecule has 172 valence electrons. The molecule has 2 aliphatic rings. The molecule has 0 saturated carbocycles. The van der Waals surface area contributed by atoms with Crippen LogP contribution in [0.3, 0.4) is 0 Å². The molecule has 34 heavy (non-hydrogen) atoms. The highest BCUT2D eigenvalue weighted by molar-refractivity contribution is 5.75. The molecule has 2 aliphatic heterocycles. The molecule has 0 aliphatic carbocycles. The Bertz CT molecular complexity index is 1320. The Kier molecular flexibility index (Phi) is 5.31. The van der Waals surface area contributed by atoms with E-state index in [9.17, 15) is 0 Å². The summed E-state index contributed by atoms with van der Waals surface area (Å²) in [6.45, 7) is 2.88. The zero-order valence-corrected chi connectivity index (χ0v) is 18.4. The molecule has 0 amide bonds. The number of rotatable bonds is 6. The van der Waals surface area contributed by atoms with E-state index < -0.39 is 0 Å². The highest BCUT2D eigenvalue weighted by Gasteiger charge is 2.15. The van der Waals surface area contributed by atoms with Crippen molar-refractivity contribution in [3.05, 3.63) is 72.4 Å². The van der Waals surface area contributed by atoms with Gasteiger partial charge in [0, 0.05) is 29.5 Å². The smallest absolute Gasteiger partial charge is 0.299 e. The molecule has 3 aromatic carbocycles. The second-order valence-corrected chi connectivity index (χ2v) is 7.89. The van der Waals surface area contributed by atoms with Crippen LogP contribution in [0, 0.1) is 0 Å². The monoisotopic (exact) mass is 457 g/mol. The Hall–Kier alpha value is -4.33. The largest absolute Gasteiger partial charge is 0.486 e. The van der Waals surface area contributed by atoms with Crippen LogP contribution in [0.5, 0.6) is 23.0 Å². The number of nitrogens with zero attached hydrogens (tertiary/aromatic N) is 1. The lowest BCUT2D eigenvalue weighted by Gasteiger charge is -2.19. The number of hydrogen-bond donors (Lipinski definition) is 2. The highest BCUT2D eigenvalue weighted by Crippen LogP contribution is 2.35. The maximum atomic E-state index is 6.01.